The Labute approximate surface area is 91.7 Å². The predicted molar refractivity (Wildman–Crippen MR) is 62.5 cm³/mol. The highest BCUT2D eigenvalue weighted by atomic mass is 15.3. The van der Waals surface area contributed by atoms with Crippen LogP contribution in [0.4, 0.5) is 5.69 Å². The van der Waals surface area contributed by atoms with Gasteiger partial charge in [-0.2, -0.15) is 5.10 Å². The van der Waals surface area contributed by atoms with E-state index in [4.69, 9.17) is 5.73 Å². The molecule has 2 unspecified atom stereocenters. The van der Waals surface area contributed by atoms with Crippen molar-refractivity contribution in [3.8, 4) is 0 Å². The molecular weight excluding hydrogens is 186 g/mol. The molecule has 1 aliphatic carbocycles. The average Bonchev–Trinajstić information content (AvgIpc) is 2.50. The molecule has 0 aromatic carbocycles. The van der Waals surface area contributed by atoms with Gasteiger partial charge in [0, 0.05) is 6.54 Å². The molecule has 1 aliphatic rings. The van der Waals surface area contributed by atoms with Gasteiger partial charge in [0.1, 0.15) is 0 Å². The number of aromatic nitrogens is 2. The first-order valence-electron chi connectivity index (χ1n) is 5.94. The number of rotatable bonds is 2. The van der Waals surface area contributed by atoms with Crippen molar-refractivity contribution in [1.29, 1.82) is 0 Å². The van der Waals surface area contributed by atoms with Gasteiger partial charge in [-0.05, 0) is 31.6 Å². The van der Waals surface area contributed by atoms with Gasteiger partial charge in [0.25, 0.3) is 0 Å². The molecule has 1 aromatic heterocycles. The van der Waals surface area contributed by atoms with Crippen molar-refractivity contribution >= 4 is 5.69 Å². The van der Waals surface area contributed by atoms with Crippen molar-refractivity contribution in [2.24, 2.45) is 11.8 Å². The summed E-state index contributed by atoms with van der Waals surface area (Å²) in [5, 5.41) is 4.33. The summed E-state index contributed by atoms with van der Waals surface area (Å²) in [7, 11) is 0. The Kier molecular flexibility index (Phi) is 2.98. The van der Waals surface area contributed by atoms with Gasteiger partial charge in [0.05, 0.1) is 17.6 Å². The summed E-state index contributed by atoms with van der Waals surface area (Å²) in [6.45, 7) is 5.46. The Bertz CT molecular complexity index is 330. The summed E-state index contributed by atoms with van der Waals surface area (Å²) in [5.41, 5.74) is 7.73. The van der Waals surface area contributed by atoms with Crippen molar-refractivity contribution in [2.75, 3.05) is 5.73 Å². The van der Waals surface area contributed by atoms with Crippen LogP contribution in [0.1, 0.15) is 38.3 Å². The number of hydrogen-bond acceptors (Lipinski definition) is 2. The SMILES string of the molecule is Cc1c(N)cnn1CC1CCCC(C)C1. The molecule has 1 saturated carbocycles. The molecule has 3 nitrogen and oxygen atoms in total. The minimum atomic E-state index is 0.798. The topological polar surface area (TPSA) is 43.8 Å². The van der Waals surface area contributed by atoms with Gasteiger partial charge in [0.15, 0.2) is 0 Å². The third kappa shape index (κ3) is 2.33. The fraction of sp³-hybridized carbons (Fsp3) is 0.750. The van der Waals surface area contributed by atoms with E-state index in [1.165, 1.54) is 25.7 Å². The number of anilines is 1. The molecule has 2 atom stereocenters. The van der Waals surface area contributed by atoms with Gasteiger partial charge >= 0.3 is 0 Å². The Morgan fingerprint density at radius 2 is 2.33 bits per heavy atom. The second-order valence-electron chi connectivity index (χ2n) is 5.01. The van der Waals surface area contributed by atoms with Crippen LogP contribution >= 0.6 is 0 Å². The number of nitrogen functional groups attached to an aromatic ring is 1. The second-order valence-corrected chi connectivity index (χ2v) is 5.01. The molecule has 15 heavy (non-hydrogen) atoms. The van der Waals surface area contributed by atoms with Crippen LogP contribution < -0.4 is 5.73 Å². The fourth-order valence-corrected chi connectivity index (χ4v) is 2.62. The Morgan fingerprint density at radius 1 is 1.53 bits per heavy atom. The van der Waals surface area contributed by atoms with E-state index in [0.29, 0.717) is 0 Å². The van der Waals surface area contributed by atoms with Gasteiger partial charge in [-0.1, -0.05) is 19.8 Å². The lowest BCUT2D eigenvalue weighted by Crippen LogP contribution is -2.19. The summed E-state index contributed by atoms with van der Waals surface area (Å²) >= 11 is 0. The van der Waals surface area contributed by atoms with E-state index in [9.17, 15) is 0 Å². The zero-order valence-electron chi connectivity index (χ0n) is 9.74. The van der Waals surface area contributed by atoms with Crippen LogP contribution in [0.2, 0.25) is 0 Å². The standard InChI is InChI=1S/C12H21N3/c1-9-4-3-5-11(6-9)8-15-10(2)12(13)7-14-15/h7,9,11H,3-6,8,13H2,1-2H3. The van der Waals surface area contributed by atoms with E-state index in [1.54, 1.807) is 6.20 Å². The van der Waals surface area contributed by atoms with Crippen LogP contribution in [0.25, 0.3) is 0 Å². The van der Waals surface area contributed by atoms with E-state index in [0.717, 1.165) is 29.8 Å². The summed E-state index contributed by atoms with van der Waals surface area (Å²) in [4.78, 5) is 0. The Hall–Kier alpha value is -0.990. The zero-order chi connectivity index (χ0) is 10.8. The van der Waals surface area contributed by atoms with E-state index in [1.807, 2.05) is 0 Å². The molecule has 1 aromatic rings. The number of nitrogens with two attached hydrogens (primary N) is 1. The molecule has 0 saturated heterocycles. The largest absolute Gasteiger partial charge is 0.396 e. The van der Waals surface area contributed by atoms with Crippen LogP contribution in [0.15, 0.2) is 6.20 Å². The third-order valence-electron chi connectivity index (χ3n) is 3.62. The van der Waals surface area contributed by atoms with Crippen molar-refractivity contribution in [3.63, 3.8) is 0 Å². The maximum absolute atomic E-state index is 5.79. The summed E-state index contributed by atoms with van der Waals surface area (Å²) < 4.78 is 2.07. The Morgan fingerprint density at radius 3 is 2.93 bits per heavy atom. The minimum absolute atomic E-state index is 0.798. The summed E-state index contributed by atoms with van der Waals surface area (Å²) in [5.74, 6) is 1.68. The lowest BCUT2D eigenvalue weighted by atomic mass is 9.82. The maximum Gasteiger partial charge on any atom is 0.0730 e. The van der Waals surface area contributed by atoms with E-state index >= 15 is 0 Å². The first-order chi connectivity index (χ1) is 7.16. The van der Waals surface area contributed by atoms with Gasteiger partial charge in [0.2, 0.25) is 0 Å². The quantitative estimate of drug-likeness (QED) is 0.810. The zero-order valence-corrected chi connectivity index (χ0v) is 9.74. The van der Waals surface area contributed by atoms with Crippen molar-refractivity contribution in [3.05, 3.63) is 11.9 Å². The summed E-state index contributed by atoms with van der Waals surface area (Å²) in [6, 6.07) is 0. The molecule has 0 radical (unpaired) electrons. The van der Waals surface area contributed by atoms with Gasteiger partial charge in [-0.3, -0.25) is 4.68 Å². The van der Waals surface area contributed by atoms with E-state index < -0.39 is 0 Å². The van der Waals surface area contributed by atoms with Crippen LogP contribution in [0.5, 0.6) is 0 Å². The van der Waals surface area contributed by atoms with E-state index in [-0.39, 0.29) is 0 Å². The highest BCUT2D eigenvalue weighted by Gasteiger charge is 2.20. The lowest BCUT2D eigenvalue weighted by molar-refractivity contribution is 0.249. The predicted octanol–water partition coefficient (Wildman–Crippen LogP) is 2.60. The molecule has 84 valence electrons. The van der Waals surface area contributed by atoms with Crippen LogP contribution in [-0.4, -0.2) is 9.78 Å². The maximum atomic E-state index is 5.79. The molecule has 1 fully saturated rings. The Balaban J connectivity index is 1.99. The first-order valence-corrected chi connectivity index (χ1v) is 5.94. The number of hydrogen-bond donors (Lipinski definition) is 1. The highest BCUT2D eigenvalue weighted by molar-refractivity contribution is 5.39. The first kappa shape index (κ1) is 10.5. The fourth-order valence-electron chi connectivity index (χ4n) is 2.62. The molecule has 0 spiro atoms. The molecule has 3 heteroatoms. The normalized spacial score (nSPS) is 26.8. The monoisotopic (exact) mass is 207 g/mol. The van der Waals surface area contributed by atoms with Crippen molar-refractivity contribution < 1.29 is 0 Å². The molecular formula is C12H21N3. The van der Waals surface area contributed by atoms with Crippen LogP contribution in [0.3, 0.4) is 0 Å². The molecule has 0 bridgehead atoms. The molecule has 1 heterocycles. The van der Waals surface area contributed by atoms with E-state index in [2.05, 4.69) is 23.6 Å². The highest BCUT2D eigenvalue weighted by Crippen LogP contribution is 2.29. The molecule has 2 N–H and O–H groups in total. The average molecular weight is 207 g/mol. The second kappa shape index (κ2) is 4.25. The van der Waals surface area contributed by atoms with Crippen molar-refractivity contribution in [2.45, 2.75) is 46.1 Å². The van der Waals surface area contributed by atoms with Crippen LogP contribution in [0, 0.1) is 18.8 Å². The van der Waals surface area contributed by atoms with Crippen LogP contribution in [-0.2, 0) is 6.54 Å². The summed E-state index contributed by atoms with van der Waals surface area (Å²) in [6.07, 6.45) is 7.24. The lowest BCUT2D eigenvalue weighted by Gasteiger charge is -2.26. The number of nitrogens with zero attached hydrogens (tertiary/aromatic N) is 2. The van der Waals surface area contributed by atoms with Gasteiger partial charge in [-0.15, -0.1) is 0 Å². The third-order valence-corrected chi connectivity index (χ3v) is 3.62. The minimum Gasteiger partial charge on any atom is -0.396 e. The smallest absolute Gasteiger partial charge is 0.0730 e. The molecule has 0 amide bonds. The molecule has 0 aliphatic heterocycles. The molecule has 2 rings (SSSR count). The van der Waals surface area contributed by atoms with Gasteiger partial charge in [-0.25, -0.2) is 0 Å². The van der Waals surface area contributed by atoms with Gasteiger partial charge < -0.3 is 5.73 Å². The van der Waals surface area contributed by atoms with Crippen molar-refractivity contribution in [1.82, 2.24) is 9.78 Å².